The molecule has 3 saturated heterocycles. The van der Waals surface area contributed by atoms with E-state index in [2.05, 4.69) is 0 Å². The number of hydrogen-bond acceptors (Lipinski definition) is 2. The minimum Gasteiger partial charge on any atom is -0.481 e. The van der Waals surface area contributed by atoms with E-state index in [1.54, 1.807) is 0 Å². The van der Waals surface area contributed by atoms with E-state index >= 15 is 0 Å². The minimum atomic E-state index is -0.896. The lowest BCUT2D eigenvalue weighted by atomic mass is 9.85. The molecule has 0 aromatic heterocycles. The van der Waals surface area contributed by atoms with Crippen molar-refractivity contribution < 1.29 is 19.5 Å². The second-order valence-corrected chi connectivity index (χ2v) is 5.18. The van der Waals surface area contributed by atoms with Gasteiger partial charge in [0.05, 0.1) is 26.1 Å². The monoisotopic (exact) mass is 214 g/mol. The van der Waals surface area contributed by atoms with Crippen molar-refractivity contribution in [2.24, 2.45) is 5.92 Å². The molecular weight excluding hydrogens is 194 g/mol. The van der Waals surface area contributed by atoms with Crippen LogP contribution in [0.5, 0.6) is 0 Å². The van der Waals surface area contributed by atoms with Crippen molar-refractivity contribution in [1.82, 2.24) is 0 Å². The van der Waals surface area contributed by atoms with Crippen LogP contribution in [0.1, 0.15) is 25.7 Å². The van der Waals surface area contributed by atoms with Crippen LogP contribution in [0, 0.1) is 5.92 Å². The molecule has 0 saturated carbocycles. The molecule has 2 N–H and O–H groups in total. The molecule has 1 atom stereocenters. The van der Waals surface area contributed by atoms with Gasteiger partial charge in [0.2, 0.25) is 0 Å². The van der Waals surface area contributed by atoms with E-state index in [4.69, 9.17) is 5.11 Å². The van der Waals surface area contributed by atoms with E-state index in [9.17, 15) is 9.90 Å². The van der Waals surface area contributed by atoms with Crippen molar-refractivity contribution in [2.45, 2.75) is 31.8 Å². The number of hydrogen-bond donors (Lipinski definition) is 2. The highest BCUT2D eigenvalue weighted by atomic mass is 16.4. The van der Waals surface area contributed by atoms with E-state index in [0.29, 0.717) is 6.54 Å². The molecule has 3 fully saturated rings. The van der Waals surface area contributed by atoms with E-state index in [-0.39, 0.29) is 6.42 Å². The topological polar surface area (TPSA) is 57.5 Å². The summed E-state index contributed by atoms with van der Waals surface area (Å²) in [7, 11) is 0. The van der Waals surface area contributed by atoms with Crippen LogP contribution in [-0.4, -0.2) is 52.9 Å². The molecule has 3 aliphatic rings. The molecule has 1 unspecified atom stereocenters. The second-order valence-electron chi connectivity index (χ2n) is 5.18. The summed E-state index contributed by atoms with van der Waals surface area (Å²) in [6.45, 7) is 4.06. The fourth-order valence-electron chi connectivity index (χ4n) is 3.12. The Morgan fingerprint density at radius 2 is 1.80 bits per heavy atom. The number of piperidine rings is 3. The molecule has 3 aliphatic heterocycles. The summed E-state index contributed by atoms with van der Waals surface area (Å²) in [5, 5.41) is 18.3. The van der Waals surface area contributed by atoms with Gasteiger partial charge in [-0.3, -0.25) is 4.79 Å². The number of carboxylic acid groups (broad SMARTS) is 1. The van der Waals surface area contributed by atoms with Crippen molar-refractivity contribution in [1.29, 1.82) is 0 Å². The summed E-state index contributed by atoms with van der Waals surface area (Å²) in [5.41, 5.74) is 0. The molecule has 3 rings (SSSR count). The second kappa shape index (κ2) is 4.10. The maximum absolute atomic E-state index is 10.5. The first-order valence-electron chi connectivity index (χ1n) is 5.85. The molecule has 4 heteroatoms. The predicted octanol–water partition coefficient (Wildman–Crippen LogP) is 0.452. The third-order valence-electron chi connectivity index (χ3n) is 4.04. The van der Waals surface area contributed by atoms with Crippen LogP contribution in [0.2, 0.25) is 0 Å². The van der Waals surface area contributed by atoms with Crippen LogP contribution in [0.25, 0.3) is 0 Å². The van der Waals surface area contributed by atoms with Gasteiger partial charge in [-0.1, -0.05) is 0 Å². The highest BCUT2D eigenvalue weighted by Gasteiger charge is 2.40. The van der Waals surface area contributed by atoms with Crippen molar-refractivity contribution in [2.75, 3.05) is 26.2 Å². The van der Waals surface area contributed by atoms with Gasteiger partial charge < -0.3 is 14.7 Å². The lowest BCUT2D eigenvalue weighted by Gasteiger charge is -2.49. The molecule has 3 heterocycles. The number of carbonyl (C=O) groups is 1. The third kappa shape index (κ3) is 2.49. The fourth-order valence-corrected chi connectivity index (χ4v) is 3.12. The van der Waals surface area contributed by atoms with Crippen molar-refractivity contribution >= 4 is 5.97 Å². The normalized spacial score (nSPS) is 36.5. The molecule has 0 radical (unpaired) electrons. The van der Waals surface area contributed by atoms with Gasteiger partial charge in [-0.15, -0.1) is 0 Å². The Balaban J connectivity index is 1.89. The standard InChI is InChI=1S/C11H19NO3/c13-10(7-11(14)15)8-12-4-1-9(2-5-12)3-6-12/h9-10,13H,1-8H2/p+1. The summed E-state index contributed by atoms with van der Waals surface area (Å²) < 4.78 is 0.963. The zero-order valence-electron chi connectivity index (χ0n) is 9.06. The van der Waals surface area contributed by atoms with Crippen LogP contribution in [0.15, 0.2) is 0 Å². The average molecular weight is 214 g/mol. The number of aliphatic hydroxyl groups excluding tert-OH is 1. The molecule has 0 spiro atoms. The molecule has 86 valence electrons. The summed E-state index contributed by atoms with van der Waals surface area (Å²) in [4.78, 5) is 10.5. The molecular formula is C11H20NO3+. The summed E-state index contributed by atoms with van der Waals surface area (Å²) in [6.07, 6.45) is 3.01. The van der Waals surface area contributed by atoms with Crippen molar-refractivity contribution in [3.63, 3.8) is 0 Å². The summed E-state index contributed by atoms with van der Waals surface area (Å²) >= 11 is 0. The highest BCUT2D eigenvalue weighted by Crippen LogP contribution is 2.33. The van der Waals surface area contributed by atoms with Gasteiger partial charge in [0, 0.05) is 0 Å². The first-order chi connectivity index (χ1) is 7.10. The van der Waals surface area contributed by atoms with Crippen LogP contribution in [0.4, 0.5) is 0 Å². The number of carboxylic acids is 1. The van der Waals surface area contributed by atoms with Crippen LogP contribution in [0.3, 0.4) is 0 Å². The fraction of sp³-hybridized carbons (Fsp3) is 0.909. The number of aliphatic carboxylic acids is 1. The van der Waals surface area contributed by atoms with Gasteiger partial charge in [0.15, 0.2) is 0 Å². The SMILES string of the molecule is O=C(O)CC(O)C[N+]12CCC(CC1)CC2. The lowest BCUT2D eigenvalue weighted by Crippen LogP contribution is -2.60. The maximum Gasteiger partial charge on any atom is 0.306 e. The maximum atomic E-state index is 10.5. The molecule has 4 nitrogen and oxygen atoms in total. The number of aliphatic hydroxyl groups is 1. The van der Waals surface area contributed by atoms with Crippen molar-refractivity contribution in [3.05, 3.63) is 0 Å². The Morgan fingerprint density at radius 3 is 2.27 bits per heavy atom. The van der Waals surface area contributed by atoms with Gasteiger partial charge in [0.25, 0.3) is 0 Å². The zero-order chi connectivity index (χ0) is 10.9. The van der Waals surface area contributed by atoms with Crippen LogP contribution < -0.4 is 0 Å². The van der Waals surface area contributed by atoms with E-state index in [1.165, 1.54) is 19.3 Å². The summed E-state index contributed by atoms with van der Waals surface area (Å²) in [5.74, 6) is 0.00853. The largest absolute Gasteiger partial charge is 0.481 e. The quantitative estimate of drug-likeness (QED) is 0.668. The predicted molar refractivity (Wildman–Crippen MR) is 55.3 cm³/mol. The zero-order valence-corrected chi connectivity index (χ0v) is 9.06. The van der Waals surface area contributed by atoms with E-state index in [1.807, 2.05) is 0 Å². The van der Waals surface area contributed by atoms with Gasteiger partial charge in [-0.25, -0.2) is 0 Å². The molecule has 0 aromatic carbocycles. The van der Waals surface area contributed by atoms with Gasteiger partial charge in [-0.2, -0.15) is 0 Å². The average Bonchev–Trinajstić information content (AvgIpc) is 2.18. The smallest absolute Gasteiger partial charge is 0.306 e. The van der Waals surface area contributed by atoms with Gasteiger partial charge in [0.1, 0.15) is 12.6 Å². The Labute approximate surface area is 90.1 Å². The van der Waals surface area contributed by atoms with Crippen LogP contribution in [-0.2, 0) is 4.79 Å². The number of quaternary nitrogens is 1. The minimum absolute atomic E-state index is 0.108. The third-order valence-corrected chi connectivity index (χ3v) is 4.04. The first-order valence-corrected chi connectivity index (χ1v) is 5.85. The number of nitrogens with zero attached hydrogens (tertiary/aromatic N) is 1. The molecule has 15 heavy (non-hydrogen) atoms. The van der Waals surface area contributed by atoms with E-state index in [0.717, 1.165) is 30.0 Å². The Hall–Kier alpha value is -0.610. The van der Waals surface area contributed by atoms with Gasteiger partial charge >= 0.3 is 5.97 Å². The Kier molecular flexibility index (Phi) is 2.98. The number of fused-ring (bicyclic) bond motifs is 3. The lowest BCUT2D eigenvalue weighted by molar-refractivity contribution is -0.945. The Morgan fingerprint density at radius 1 is 1.27 bits per heavy atom. The van der Waals surface area contributed by atoms with E-state index < -0.39 is 12.1 Å². The molecule has 0 aliphatic carbocycles. The highest BCUT2D eigenvalue weighted by molar-refractivity contribution is 5.67. The Bertz CT molecular complexity index is 232. The molecule has 0 aromatic rings. The first kappa shape index (κ1) is 10.9. The van der Waals surface area contributed by atoms with Gasteiger partial charge in [-0.05, 0) is 25.2 Å². The molecule has 0 amide bonds. The van der Waals surface area contributed by atoms with Crippen LogP contribution >= 0.6 is 0 Å². The molecule has 2 bridgehead atoms. The summed E-state index contributed by atoms with van der Waals surface area (Å²) in [6, 6.07) is 0. The number of rotatable bonds is 4. The van der Waals surface area contributed by atoms with Crippen molar-refractivity contribution in [3.8, 4) is 0 Å².